The lowest BCUT2D eigenvalue weighted by Gasteiger charge is -2.07. The highest BCUT2D eigenvalue weighted by molar-refractivity contribution is 8.24. The molecule has 0 amide bonds. The molecule has 0 aromatic carbocycles. The van der Waals surface area contributed by atoms with Crippen molar-refractivity contribution in [3.8, 4) is 0 Å². The number of nitrogens with one attached hydrogen (secondary N) is 1. The topological polar surface area (TPSA) is 55.0 Å². The van der Waals surface area contributed by atoms with Gasteiger partial charge in [-0.3, -0.25) is 4.79 Å². The molecular weight excluding hydrogens is 220 g/mol. The SMILES string of the molecule is COC(=O)C(C)SC(=S)c1ncc[nH]1. The number of carbonyl (C=O) groups is 1. The minimum atomic E-state index is -0.308. The molecule has 0 aliphatic heterocycles. The fourth-order valence-electron chi connectivity index (χ4n) is 0.807. The van der Waals surface area contributed by atoms with Gasteiger partial charge in [0.15, 0.2) is 5.82 Å². The van der Waals surface area contributed by atoms with Crippen LogP contribution < -0.4 is 0 Å². The number of hydrogen-bond acceptors (Lipinski definition) is 5. The summed E-state index contributed by atoms with van der Waals surface area (Å²) < 4.78 is 5.14. The maximum atomic E-state index is 11.1. The third-order valence-corrected chi connectivity index (χ3v) is 2.94. The van der Waals surface area contributed by atoms with Crippen molar-refractivity contribution in [1.29, 1.82) is 0 Å². The molecule has 0 bridgehead atoms. The van der Waals surface area contributed by atoms with Gasteiger partial charge in [-0.05, 0) is 6.92 Å². The molecule has 0 aliphatic rings. The Morgan fingerprint density at radius 2 is 2.50 bits per heavy atom. The average molecular weight is 230 g/mol. The molecule has 1 rings (SSSR count). The van der Waals surface area contributed by atoms with Crippen LogP contribution in [0, 0.1) is 0 Å². The van der Waals surface area contributed by atoms with Gasteiger partial charge in [-0.15, -0.1) is 0 Å². The van der Waals surface area contributed by atoms with Crippen LogP contribution in [0.3, 0.4) is 0 Å². The Morgan fingerprint density at radius 1 is 1.79 bits per heavy atom. The second-order valence-electron chi connectivity index (χ2n) is 2.51. The van der Waals surface area contributed by atoms with E-state index in [2.05, 4.69) is 14.7 Å². The number of thioether (sulfide) groups is 1. The number of rotatable bonds is 3. The minimum Gasteiger partial charge on any atom is -0.468 e. The molecular formula is C8H10N2O2S2. The molecule has 0 aliphatic carbocycles. The Kier molecular flexibility index (Phi) is 4.09. The van der Waals surface area contributed by atoms with E-state index in [9.17, 15) is 4.79 Å². The number of nitrogens with zero attached hydrogens (tertiary/aromatic N) is 1. The molecule has 0 spiro atoms. The predicted molar refractivity (Wildman–Crippen MR) is 59.4 cm³/mol. The lowest BCUT2D eigenvalue weighted by atomic mass is 10.5. The van der Waals surface area contributed by atoms with E-state index in [4.69, 9.17) is 12.2 Å². The fraction of sp³-hybridized carbons (Fsp3) is 0.375. The van der Waals surface area contributed by atoms with Crippen molar-refractivity contribution in [1.82, 2.24) is 9.97 Å². The maximum Gasteiger partial charge on any atom is 0.318 e. The van der Waals surface area contributed by atoms with Gasteiger partial charge in [-0.2, -0.15) is 0 Å². The lowest BCUT2D eigenvalue weighted by molar-refractivity contribution is -0.139. The first-order chi connectivity index (χ1) is 6.65. The number of aromatic amines is 1. The molecule has 1 aromatic rings. The molecule has 76 valence electrons. The van der Waals surface area contributed by atoms with Crippen LogP contribution in [0.4, 0.5) is 0 Å². The van der Waals surface area contributed by atoms with Gasteiger partial charge in [0.1, 0.15) is 9.45 Å². The number of methoxy groups -OCH3 is 1. The van der Waals surface area contributed by atoms with E-state index in [0.717, 1.165) is 0 Å². The first-order valence-electron chi connectivity index (χ1n) is 3.93. The highest BCUT2D eigenvalue weighted by Gasteiger charge is 2.17. The minimum absolute atomic E-state index is 0.288. The smallest absolute Gasteiger partial charge is 0.318 e. The van der Waals surface area contributed by atoms with E-state index in [0.29, 0.717) is 10.0 Å². The fourth-order valence-corrected chi connectivity index (χ4v) is 2.09. The standard InChI is InChI=1S/C8H10N2O2S2/c1-5(7(11)12-2)14-8(13)6-9-3-4-10-6/h3-5H,1-2H3,(H,9,10). The second-order valence-corrected chi connectivity index (χ2v) is 4.53. The monoisotopic (exact) mass is 230 g/mol. The van der Waals surface area contributed by atoms with Crippen LogP contribution in [0.5, 0.6) is 0 Å². The number of imidazole rings is 1. The summed E-state index contributed by atoms with van der Waals surface area (Å²) in [4.78, 5) is 17.9. The third-order valence-electron chi connectivity index (χ3n) is 1.51. The summed E-state index contributed by atoms with van der Waals surface area (Å²) in [7, 11) is 1.36. The number of H-pyrrole nitrogens is 1. The highest BCUT2D eigenvalue weighted by atomic mass is 32.2. The van der Waals surface area contributed by atoms with Crippen molar-refractivity contribution in [2.75, 3.05) is 7.11 Å². The van der Waals surface area contributed by atoms with Crippen molar-refractivity contribution < 1.29 is 9.53 Å². The van der Waals surface area contributed by atoms with Gasteiger partial charge in [-0.1, -0.05) is 24.0 Å². The Labute approximate surface area is 91.4 Å². The van der Waals surface area contributed by atoms with E-state index in [1.807, 2.05) is 0 Å². The zero-order valence-corrected chi connectivity index (χ0v) is 9.45. The van der Waals surface area contributed by atoms with Gasteiger partial charge in [0.25, 0.3) is 0 Å². The molecule has 1 N–H and O–H groups in total. The average Bonchev–Trinajstić information content (AvgIpc) is 2.69. The van der Waals surface area contributed by atoms with Crippen molar-refractivity contribution in [2.24, 2.45) is 0 Å². The number of hydrogen-bond donors (Lipinski definition) is 1. The van der Waals surface area contributed by atoms with Gasteiger partial charge in [-0.25, -0.2) is 4.98 Å². The Bertz CT molecular complexity index is 324. The molecule has 14 heavy (non-hydrogen) atoms. The number of carbonyl (C=O) groups excluding carboxylic acids is 1. The summed E-state index contributed by atoms with van der Waals surface area (Å²) in [6, 6.07) is 0. The van der Waals surface area contributed by atoms with E-state index in [1.54, 1.807) is 19.3 Å². The van der Waals surface area contributed by atoms with Crippen LogP contribution in [0.2, 0.25) is 0 Å². The lowest BCUT2D eigenvalue weighted by Crippen LogP contribution is -2.17. The van der Waals surface area contributed by atoms with Crippen molar-refractivity contribution in [3.63, 3.8) is 0 Å². The molecule has 1 aromatic heterocycles. The first kappa shape index (κ1) is 11.2. The van der Waals surface area contributed by atoms with E-state index >= 15 is 0 Å². The summed E-state index contributed by atoms with van der Waals surface area (Å²) in [5.41, 5.74) is 0. The summed E-state index contributed by atoms with van der Waals surface area (Å²) >= 11 is 6.33. The highest BCUT2D eigenvalue weighted by Crippen LogP contribution is 2.17. The van der Waals surface area contributed by atoms with Crippen molar-refractivity contribution in [2.45, 2.75) is 12.2 Å². The van der Waals surface area contributed by atoms with Gasteiger partial charge in [0, 0.05) is 12.4 Å². The molecule has 0 saturated carbocycles. The van der Waals surface area contributed by atoms with Crippen LogP contribution in [0.1, 0.15) is 12.7 Å². The molecule has 0 saturated heterocycles. The Morgan fingerprint density at radius 3 is 3.00 bits per heavy atom. The summed E-state index contributed by atoms with van der Waals surface area (Å²) in [6.45, 7) is 1.74. The van der Waals surface area contributed by atoms with E-state index in [-0.39, 0.29) is 11.2 Å². The Hall–Kier alpha value is -0.880. The number of esters is 1. The van der Waals surface area contributed by atoms with E-state index < -0.39 is 0 Å². The van der Waals surface area contributed by atoms with Crippen molar-refractivity contribution in [3.05, 3.63) is 18.2 Å². The number of aromatic nitrogens is 2. The Balaban J connectivity index is 2.53. The summed E-state index contributed by atoms with van der Waals surface area (Å²) in [5, 5.41) is -0.308. The molecule has 1 heterocycles. The number of ether oxygens (including phenoxy) is 1. The van der Waals surface area contributed by atoms with E-state index in [1.165, 1.54) is 18.9 Å². The van der Waals surface area contributed by atoms with Crippen LogP contribution >= 0.6 is 24.0 Å². The predicted octanol–water partition coefficient (Wildman–Crippen LogP) is 1.38. The normalized spacial score (nSPS) is 12.1. The zero-order valence-electron chi connectivity index (χ0n) is 7.81. The largest absolute Gasteiger partial charge is 0.468 e. The van der Waals surface area contributed by atoms with Crippen molar-refractivity contribution >= 4 is 34.1 Å². The zero-order chi connectivity index (χ0) is 10.6. The molecule has 1 unspecified atom stereocenters. The van der Waals surface area contributed by atoms with Crippen LogP contribution in [-0.2, 0) is 9.53 Å². The quantitative estimate of drug-likeness (QED) is 0.628. The van der Waals surface area contributed by atoms with Crippen LogP contribution in [0.25, 0.3) is 0 Å². The summed E-state index contributed by atoms with van der Waals surface area (Å²) in [6.07, 6.45) is 3.30. The van der Waals surface area contributed by atoms with Crippen LogP contribution in [0.15, 0.2) is 12.4 Å². The molecule has 0 radical (unpaired) electrons. The maximum absolute atomic E-state index is 11.1. The van der Waals surface area contributed by atoms with Crippen LogP contribution in [-0.4, -0.2) is 32.5 Å². The molecule has 1 atom stereocenters. The summed E-state index contributed by atoms with van der Waals surface area (Å²) in [5.74, 6) is 0.324. The molecule has 4 nitrogen and oxygen atoms in total. The number of thiocarbonyl (C=S) groups is 1. The molecule has 0 fully saturated rings. The third kappa shape index (κ3) is 2.81. The second kappa shape index (κ2) is 5.11. The van der Waals surface area contributed by atoms with Gasteiger partial charge >= 0.3 is 5.97 Å². The van der Waals surface area contributed by atoms with Gasteiger partial charge < -0.3 is 9.72 Å². The first-order valence-corrected chi connectivity index (χ1v) is 5.22. The van der Waals surface area contributed by atoms with Gasteiger partial charge in [0.2, 0.25) is 0 Å². The molecule has 6 heteroatoms. The van der Waals surface area contributed by atoms with Gasteiger partial charge in [0.05, 0.1) is 7.11 Å².